The predicted octanol–water partition coefficient (Wildman–Crippen LogP) is 1.57. The average molecular weight is 280 g/mol. The van der Waals surface area contributed by atoms with Crippen molar-refractivity contribution in [1.82, 2.24) is 4.90 Å². The number of aliphatic carboxylic acids is 1. The number of thioether (sulfide) groups is 1. The number of benzene rings is 1. The Kier molecular flexibility index (Phi) is 3.71. The van der Waals surface area contributed by atoms with Gasteiger partial charge < -0.3 is 15.7 Å². The highest BCUT2D eigenvalue weighted by molar-refractivity contribution is 8.00. The van der Waals surface area contributed by atoms with Crippen LogP contribution in [0.5, 0.6) is 0 Å². The van der Waals surface area contributed by atoms with Gasteiger partial charge in [0.15, 0.2) is 0 Å². The summed E-state index contributed by atoms with van der Waals surface area (Å²) in [5, 5.41) is 9.02. The van der Waals surface area contributed by atoms with Crippen LogP contribution in [-0.2, 0) is 4.79 Å². The Morgan fingerprint density at radius 3 is 2.79 bits per heavy atom. The first-order chi connectivity index (χ1) is 8.91. The lowest BCUT2D eigenvalue weighted by molar-refractivity contribution is -0.141. The first-order valence-corrected chi connectivity index (χ1v) is 7.00. The van der Waals surface area contributed by atoms with Gasteiger partial charge in [-0.25, -0.2) is 4.79 Å². The summed E-state index contributed by atoms with van der Waals surface area (Å²) in [6, 6.07) is 4.41. The third-order valence-electron chi connectivity index (χ3n) is 3.18. The highest BCUT2D eigenvalue weighted by atomic mass is 32.2. The van der Waals surface area contributed by atoms with E-state index in [1.807, 2.05) is 19.9 Å². The van der Waals surface area contributed by atoms with Crippen LogP contribution in [0.15, 0.2) is 18.2 Å². The fourth-order valence-corrected chi connectivity index (χ4v) is 3.30. The van der Waals surface area contributed by atoms with E-state index in [2.05, 4.69) is 0 Å². The number of hydrogen-bond donors (Lipinski definition) is 2. The highest BCUT2D eigenvalue weighted by Crippen LogP contribution is 2.31. The van der Waals surface area contributed by atoms with Crippen LogP contribution in [0, 0.1) is 6.92 Å². The summed E-state index contributed by atoms with van der Waals surface area (Å²) in [5.74, 6) is -0.879. The first kappa shape index (κ1) is 13.7. The zero-order chi connectivity index (χ0) is 14.2. The Bertz CT molecular complexity index is 533. The number of amides is 1. The molecule has 5 nitrogen and oxygen atoms in total. The molecule has 2 atom stereocenters. The van der Waals surface area contributed by atoms with E-state index >= 15 is 0 Å². The Morgan fingerprint density at radius 1 is 1.47 bits per heavy atom. The van der Waals surface area contributed by atoms with Crippen LogP contribution in [0.4, 0.5) is 5.69 Å². The lowest BCUT2D eigenvalue weighted by Gasteiger charge is -2.25. The molecule has 19 heavy (non-hydrogen) atoms. The number of anilines is 1. The molecule has 1 amide bonds. The Labute approximate surface area is 115 Å². The average Bonchev–Trinajstić information content (AvgIpc) is 2.73. The molecule has 1 aromatic carbocycles. The van der Waals surface area contributed by atoms with E-state index in [1.165, 1.54) is 16.7 Å². The Balaban J connectivity index is 2.37. The lowest BCUT2D eigenvalue weighted by Crippen LogP contribution is -2.45. The quantitative estimate of drug-likeness (QED) is 0.803. The van der Waals surface area contributed by atoms with Crippen LogP contribution >= 0.6 is 11.8 Å². The first-order valence-electron chi connectivity index (χ1n) is 5.95. The Hall–Kier alpha value is -1.69. The number of nitrogens with zero attached hydrogens (tertiary/aromatic N) is 1. The molecule has 0 aromatic heterocycles. The van der Waals surface area contributed by atoms with E-state index in [4.69, 9.17) is 5.73 Å². The fraction of sp³-hybridized carbons (Fsp3) is 0.385. The summed E-state index contributed by atoms with van der Waals surface area (Å²) in [7, 11) is 0. The van der Waals surface area contributed by atoms with Crippen LogP contribution in [0.3, 0.4) is 0 Å². The number of carboxylic acid groups (broad SMARTS) is 1. The number of rotatable bonds is 2. The van der Waals surface area contributed by atoms with Gasteiger partial charge in [-0.05, 0) is 26.0 Å². The summed E-state index contributed by atoms with van der Waals surface area (Å²) in [4.78, 5) is 25.1. The van der Waals surface area contributed by atoms with Crippen molar-refractivity contribution in [2.45, 2.75) is 25.3 Å². The van der Waals surface area contributed by atoms with Gasteiger partial charge >= 0.3 is 5.97 Å². The minimum absolute atomic E-state index is 0.159. The van der Waals surface area contributed by atoms with E-state index in [0.29, 0.717) is 17.0 Å². The summed E-state index contributed by atoms with van der Waals surface area (Å²) < 4.78 is 0. The number of carboxylic acids is 1. The number of aryl methyl sites for hydroxylation is 1. The van der Waals surface area contributed by atoms with Gasteiger partial charge in [-0.15, -0.1) is 11.8 Å². The van der Waals surface area contributed by atoms with Crippen molar-refractivity contribution in [3.63, 3.8) is 0 Å². The number of carbonyl (C=O) groups excluding carboxylic acids is 1. The summed E-state index contributed by atoms with van der Waals surface area (Å²) in [6.07, 6.45) is 0. The van der Waals surface area contributed by atoms with Crippen LogP contribution in [-0.4, -0.2) is 39.1 Å². The van der Waals surface area contributed by atoms with Gasteiger partial charge in [0.2, 0.25) is 0 Å². The van der Waals surface area contributed by atoms with Crippen molar-refractivity contribution < 1.29 is 14.7 Å². The van der Waals surface area contributed by atoms with Crippen molar-refractivity contribution in [2.75, 3.05) is 11.5 Å². The van der Waals surface area contributed by atoms with E-state index in [1.54, 1.807) is 12.1 Å². The van der Waals surface area contributed by atoms with Gasteiger partial charge in [0.05, 0.1) is 10.9 Å². The van der Waals surface area contributed by atoms with E-state index in [-0.39, 0.29) is 11.3 Å². The molecule has 3 N–H and O–H groups in total. The van der Waals surface area contributed by atoms with Gasteiger partial charge in [-0.1, -0.05) is 11.6 Å². The van der Waals surface area contributed by atoms with Crippen molar-refractivity contribution in [2.24, 2.45) is 0 Å². The highest BCUT2D eigenvalue weighted by Gasteiger charge is 2.40. The van der Waals surface area contributed by atoms with Crippen LogP contribution in [0.25, 0.3) is 0 Å². The largest absolute Gasteiger partial charge is 0.480 e. The van der Waals surface area contributed by atoms with Crippen molar-refractivity contribution in [1.29, 1.82) is 0 Å². The molecule has 0 radical (unpaired) electrons. The normalized spacial score (nSPS) is 22.5. The molecule has 1 aromatic rings. The molecule has 1 saturated heterocycles. The zero-order valence-electron chi connectivity index (χ0n) is 10.8. The third-order valence-corrected chi connectivity index (χ3v) is 4.40. The second-order valence-corrected chi connectivity index (χ2v) is 5.94. The second-order valence-electron chi connectivity index (χ2n) is 4.59. The van der Waals surface area contributed by atoms with Crippen LogP contribution < -0.4 is 5.73 Å². The topological polar surface area (TPSA) is 83.6 Å². The molecule has 102 valence electrons. The van der Waals surface area contributed by atoms with Crippen LogP contribution in [0.2, 0.25) is 0 Å². The summed E-state index contributed by atoms with van der Waals surface area (Å²) >= 11 is 1.46. The van der Waals surface area contributed by atoms with Gasteiger partial charge in [0, 0.05) is 11.4 Å². The summed E-state index contributed by atoms with van der Waals surface area (Å²) in [6.45, 7) is 3.70. The smallest absolute Gasteiger partial charge is 0.327 e. The molecule has 0 saturated carbocycles. The maximum absolute atomic E-state index is 12.5. The molecular weight excluding hydrogens is 264 g/mol. The molecule has 1 aliphatic rings. The van der Waals surface area contributed by atoms with Crippen LogP contribution in [0.1, 0.15) is 22.8 Å². The number of hydrogen-bond acceptors (Lipinski definition) is 4. The molecular formula is C13H16N2O3S. The molecule has 0 bridgehead atoms. The minimum Gasteiger partial charge on any atom is -0.480 e. The molecule has 0 aliphatic carbocycles. The lowest BCUT2D eigenvalue weighted by atomic mass is 10.1. The molecule has 6 heteroatoms. The molecule has 1 aliphatic heterocycles. The number of nitrogens with two attached hydrogens (primary N) is 1. The zero-order valence-corrected chi connectivity index (χ0v) is 11.6. The standard InChI is InChI=1S/C13H16N2O3S/c1-7-3-4-10(14)9(5-7)12(16)15-8(2)19-6-11(15)13(17)18/h3-5,8,11H,6,14H2,1-2H3,(H,17,18). The molecule has 0 spiro atoms. The van der Waals surface area contributed by atoms with Gasteiger partial charge in [0.25, 0.3) is 5.91 Å². The second kappa shape index (κ2) is 5.13. The Morgan fingerprint density at radius 2 is 2.16 bits per heavy atom. The third kappa shape index (κ3) is 2.53. The number of carbonyl (C=O) groups is 2. The van der Waals surface area contributed by atoms with Crippen molar-refractivity contribution >= 4 is 29.3 Å². The SMILES string of the molecule is Cc1ccc(N)c(C(=O)N2C(C)SCC2C(=O)O)c1. The molecule has 1 heterocycles. The molecule has 2 unspecified atom stereocenters. The van der Waals surface area contributed by atoms with Crippen molar-refractivity contribution in [3.8, 4) is 0 Å². The maximum Gasteiger partial charge on any atom is 0.327 e. The van der Waals surface area contributed by atoms with Gasteiger partial charge in [0.1, 0.15) is 6.04 Å². The molecule has 1 fully saturated rings. The van der Waals surface area contributed by atoms with Gasteiger partial charge in [-0.3, -0.25) is 4.79 Å². The van der Waals surface area contributed by atoms with Gasteiger partial charge in [-0.2, -0.15) is 0 Å². The predicted molar refractivity (Wildman–Crippen MR) is 75.1 cm³/mol. The molecule has 2 rings (SSSR count). The van der Waals surface area contributed by atoms with E-state index < -0.39 is 12.0 Å². The van der Waals surface area contributed by atoms with Crippen molar-refractivity contribution in [3.05, 3.63) is 29.3 Å². The number of nitrogen functional groups attached to an aromatic ring is 1. The minimum atomic E-state index is -0.976. The van der Waals surface area contributed by atoms with E-state index in [0.717, 1.165) is 5.56 Å². The monoisotopic (exact) mass is 280 g/mol. The fourth-order valence-electron chi connectivity index (χ4n) is 2.14. The maximum atomic E-state index is 12.5. The van der Waals surface area contributed by atoms with E-state index in [9.17, 15) is 14.7 Å². The summed E-state index contributed by atoms with van der Waals surface area (Å²) in [5.41, 5.74) is 7.50.